The van der Waals surface area contributed by atoms with Gasteiger partial charge in [0.2, 0.25) is 0 Å². The standard InChI is InChI=1S/C14H20NO6P/c1-3-20-22(18,21-4-2)11-6-5-10-19-14-9-7-8-13(12-14)15(16)17/h5-9,12H,3-4,10-11H2,1-2H3. The predicted molar refractivity (Wildman–Crippen MR) is 83.5 cm³/mol. The van der Waals surface area contributed by atoms with Gasteiger partial charge in [-0.15, -0.1) is 0 Å². The van der Waals surface area contributed by atoms with Crippen LogP contribution in [0.15, 0.2) is 36.4 Å². The molecule has 0 radical (unpaired) electrons. The van der Waals surface area contributed by atoms with Gasteiger partial charge in [0, 0.05) is 6.07 Å². The van der Waals surface area contributed by atoms with E-state index in [2.05, 4.69) is 0 Å². The number of ether oxygens (including phenoxy) is 1. The summed E-state index contributed by atoms with van der Waals surface area (Å²) in [6.45, 7) is 4.34. The highest BCUT2D eigenvalue weighted by atomic mass is 31.2. The molecule has 0 atom stereocenters. The molecule has 0 amide bonds. The molecule has 0 spiro atoms. The van der Waals surface area contributed by atoms with Gasteiger partial charge in [-0.2, -0.15) is 0 Å². The lowest BCUT2D eigenvalue weighted by molar-refractivity contribution is -0.384. The van der Waals surface area contributed by atoms with Crippen molar-refractivity contribution >= 4 is 13.3 Å². The van der Waals surface area contributed by atoms with Crippen LogP contribution in [-0.2, 0) is 13.6 Å². The van der Waals surface area contributed by atoms with E-state index in [1.165, 1.54) is 12.1 Å². The molecule has 0 fully saturated rings. The smallest absolute Gasteiger partial charge is 0.334 e. The third kappa shape index (κ3) is 6.39. The van der Waals surface area contributed by atoms with Crippen molar-refractivity contribution in [3.05, 3.63) is 46.5 Å². The van der Waals surface area contributed by atoms with E-state index in [1.54, 1.807) is 38.1 Å². The molecule has 1 aromatic rings. The van der Waals surface area contributed by atoms with Crippen LogP contribution in [0.2, 0.25) is 0 Å². The Balaban J connectivity index is 2.47. The molecule has 0 heterocycles. The minimum atomic E-state index is -3.08. The van der Waals surface area contributed by atoms with Crippen molar-refractivity contribution < 1.29 is 23.3 Å². The third-order valence-corrected chi connectivity index (χ3v) is 4.48. The zero-order valence-corrected chi connectivity index (χ0v) is 13.5. The maximum atomic E-state index is 12.2. The monoisotopic (exact) mass is 329 g/mol. The summed E-state index contributed by atoms with van der Waals surface area (Å²) in [6.07, 6.45) is 3.49. The zero-order valence-electron chi connectivity index (χ0n) is 12.6. The highest BCUT2D eigenvalue weighted by molar-refractivity contribution is 7.54. The average molecular weight is 329 g/mol. The summed E-state index contributed by atoms with van der Waals surface area (Å²) in [5.41, 5.74) is -0.0290. The van der Waals surface area contributed by atoms with E-state index >= 15 is 0 Å². The number of nitrogens with zero attached hydrogens (tertiary/aromatic N) is 1. The summed E-state index contributed by atoms with van der Waals surface area (Å²) in [6, 6.07) is 5.92. The molecule has 1 aromatic carbocycles. The van der Waals surface area contributed by atoms with Crippen molar-refractivity contribution in [1.82, 2.24) is 0 Å². The van der Waals surface area contributed by atoms with E-state index in [-0.39, 0.29) is 18.5 Å². The van der Waals surface area contributed by atoms with Crippen LogP contribution >= 0.6 is 7.60 Å². The average Bonchev–Trinajstić information content (AvgIpc) is 2.47. The van der Waals surface area contributed by atoms with Crippen LogP contribution in [-0.4, -0.2) is 30.9 Å². The van der Waals surface area contributed by atoms with Crippen LogP contribution in [0.3, 0.4) is 0 Å². The largest absolute Gasteiger partial charge is 0.489 e. The Morgan fingerprint density at radius 1 is 1.23 bits per heavy atom. The van der Waals surface area contributed by atoms with Crippen molar-refractivity contribution in [2.24, 2.45) is 0 Å². The van der Waals surface area contributed by atoms with E-state index < -0.39 is 12.5 Å². The molecule has 0 aliphatic carbocycles. The second kappa shape index (κ2) is 9.35. The molecule has 22 heavy (non-hydrogen) atoms. The van der Waals surface area contributed by atoms with Gasteiger partial charge >= 0.3 is 7.60 Å². The fourth-order valence-corrected chi connectivity index (χ4v) is 3.12. The number of hydrogen-bond donors (Lipinski definition) is 0. The highest BCUT2D eigenvalue weighted by Crippen LogP contribution is 2.47. The highest BCUT2D eigenvalue weighted by Gasteiger charge is 2.20. The van der Waals surface area contributed by atoms with Crippen LogP contribution in [0, 0.1) is 10.1 Å². The first-order valence-electron chi connectivity index (χ1n) is 6.91. The van der Waals surface area contributed by atoms with E-state index in [0.717, 1.165) is 0 Å². The van der Waals surface area contributed by atoms with Gasteiger partial charge in [0.25, 0.3) is 5.69 Å². The van der Waals surface area contributed by atoms with Crippen molar-refractivity contribution in [3.63, 3.8) is 0 Å². The molecule has 0 aliphatic heterocycles. The Labute approximate surface area is 129 Å². The lowest BCUT2D eigenvalue weighted by Gasteiger charge is -2.14. The Kier molecular flexibility index (Phi) is 7.80. The first-order valence-corrected chi connectivity index (χ1v) is 8.64. The van der Waals surface area contributed by atoms with Crippen molar-refractivity contribution in [2.75, 3.05) is 26.0 Å². The van der Waals surface area contributed by atoms with E-state index in [1.807, 2.05) is 0 Å². The number of benzene rings is 1. The summed E-state index contributed by atoms with van der Waals surface area (Å²) < 4.78 is 27.8. The maximum absolute atomic E-state index is 12.2. The Morgan fingerprint density at radius 3 is 2.50 bits per heavy atom. The topological polar surface area (TPSA) is 87.9 Å². The van der Waals surface area contributed by atoms with E-state index in [0.29, 0.717) is 19.0 Å². The molecule has 8 heteroatoms. The summed E-state index contributed by atoms with van der Waals surface area (Å²) in [5.74, 6) is 0.400. The molecule has 0 N–H and O–H groups in total. The van der Waals surface area contributed by atoms with Gasteiger partial charge in [0.05, 0.1) is 30.4 Å². The molecule has 0 saturated heterocycles. The molecular formula is C14H20NO6P. The van der Waals surface area contributed by atoms with Gasteiger partial charge in [0.15, 0.2) is 0 Å². The van der Waals surface area contributed by atoms with Crippen LogP contribution in [0.1, 0.15) is 13.8 Å². The fraction of sp³-hybridized carbons (Fsp3) is 0.429. The molecule has 0 aliphatic rings. The SMILES string of the molecule is CCOP(=O)(CC=CCOc1cccc([N+](=O)[O-])c1)OCC. The Morgan fingerprint density at radius 2 is 1.91 bits per heavy atom. The van der Waals surface area contributed by atoms with Crippen LogP contribution < -0.4 is 4.74 Å². The molecule has 0 bridgehead atoms. The molecule has 0 saturated carbocycles. The van der Waals surface area contributed by atoms with Gasteiger partial charge < -0.3 is 13.8 Å². The normalized spacial score (nSPS) is 11.7. The molecule has 0 unspecified atom stereocenters. The number of nitro groups is 1. The maximum Gasteiger partial charge on any atom is 0.334 e. The summed E-state index contributed by atoms with van der Waals surface area (Å²) in [7, 11) is -3.08. The fourth-order valence-electron chi connectivity index (χ4n) is 1.64. The van der Waals surface area contributed by atoms with Crippen LogP contribution in [0.4, 0.5) is 5.69 Å². The lowest BCUT2D eigenvalue weighted by Crippen LogP contribution is -1.99. The summed E-state index contributed by atoms with van der Waals surface area (Å²) in [4.78, 5) is 10.2. The Bertz CT molecular complexity index is 550. The second-order valence-corrected chi connectivity index (χ2v) is 6.27. The Hall–Kier alpha value is -1.69. The predicted octanol–water partition coefficient (Wildman–Crippen LogP) is 3.80. The number of rotatable bonds is 10. The summed E-state index contributed by atoms with van der Waals surface area (Å²) in [5, 5.41) is 10.6. The third-order valence-electron chi connectivity index (χ3n) is 2.52. The number of nitro benzene ring substituents is 1. The zero-order chi connectivity index (χ0) is 16.4. The van der Waals surface area contributed by atoms with Gasteiger partial charge in [-0.1, -0.05) is 18.2 Å². The molecule has 1 rings (SSSR count). The minimum Gasteiger partial charge on any atom is -0.489 e. The van der Waals surface area contributed by atoms with Gasteiger partial charge in [-0.25, -0.2) is 0 Å². The van der Waals surface area contributed by atoms with Crippen LogP contribution in [0.5, 0.6) is 5.75 Å². The van der Waals surface area contributed by atoms with Gasteiger partial charge in [-0.3, -0.25) is 14.7 Å². The van der Waals surface area contributed by atoms with Crippen molar-refractivity contribution in [1.29, 1.82) is 0 Å². The second-order valence-electron chi connectivity index (χ2n) is 4.17. The van der Waals surface area contributed by atoms with E-state index in [9.17, 15) is 14.7 Å². The number of non-ortho nitro benzene ring substituents is 1. The number of hydrogen-bond acceptors (Lipinski definition) is 6. The lowest BCUT2D eigenvalue weighted by atomic mass is 10.3. The quantitative estimate of drug-likeness (QED) is 0.281. The summed E-state index contributed by atoms with van der Waals surface area (Å²) >= 11 is 0. The minimum absolute atomic E-state index is 0.0290. The van der Waals surface area contributed by atoms with Crippen LogP contribution in [0.25, 0.3) is 0 Å². The van der Waals surface area contributed by atoms with Crippen molar-refractivity contribution in [3.8, 4) is 5.75 Å². The molecule has 7 nitrogen and oxygen atoms in total. The van der Waals surface area contributed by atoms with Gasteiger partial charge in [0.1, 0.15) is 12.4 Å². The van der Waals surface area contributed by atoms with E-state index in [4.69, 9.17) is 13.8 Å². The molecule has 122 valence electrons. The molecule has 0 aromatic heterocycles. The molecular weight excluding hydrogens is 309 g/mol. The first kappa shape index (κ1) is 18.4. The first-order chi connectivity index (χ1) is 10.5. The van der Waals surface area contributed by atoms with Crippen molar-refractivity contribution in [2.45, 2.75) is 13.8 Å². The van der Waals surface area contributed by atoms with Gasteiger partial charge in [-0.05, 0) is 19.9 Å². The number of allylic oxidation sites excluding steroid dienone is 1.